The number of carboxylic acid groups (broad SMARTS) is 1. The van der Waals surface area contributed by atoms with Crippen LogP contribution in [-0.4, -0.2) is 22.7 Å². The Bertz CT molecular complexity index is 437. The predicted molar refractivity (Wildman–Crippen MR) is 64.4 cm³/mol. The number of phenolic OH excluding ortho intramolecular Hbond substituents is 1. The number of piperidine rings is 1. The fourth-order valence-electron chi connectivity index (χ4n) is 2.35. The van der Waals surface area contributed by atoms with E-state index in [9.17, 15) is 15.0 Å². The highest BCUT2D eigenvalue weighted by Crippen LogP contribution is 2.35. The van der Waals surface area contributed by atoms with Gasteiger partial charge in [0.25, 0.3) is 0 Å². The average Bonchev–Trinajstić information content (AvgIpc) is 2.33. The Balaban J connectivity index is 2.48. The van der Waals surface area contributed by atoms with Crippen LogP contribution in [0.4, 0.5) is 0 Å². The maximum absolute atomic E-state index is 11.2. The average molecular weight is 235 g/mol. The molecule has 0 saturated carbocycles. The largest absolute Gasteiger partial charge is 0.507 e. The summed E-state index contributed by atoms with van der Waals surface area (Å²) in [5, 5.41) is 22.5. The molecule has 1 heterocycles. The minimum atomic E-state index is -0.984. The highest BCUT2D eigenvalue weighted by atomic mass is 16.4. The third-order valence-electron chi connectivity index (χ3n) is 3.31. The van der Waals surface area contributed by atoms with Gasteiger partial charge in [-0.2, -0.15) is 0 Å². The van der Waals surface area contributed by atoms with Crippen LogP contribution in [0.15, 0.2) is 12.1 Å². The fraction of sp³-hybridized carbons (Fsp3) is 0.462. The van der Waals surface area contributed by atoms with Crippen LogP contribution >= 0.6 is 0 Å². The van der Waals surface area contributed by atoms with E-state index in [1.54, 1.807) is 19.1 Å². The standard InChI is InChI=1S/C13H17NO3/c1-8-5-6-9(13(16)17)11(12(8)15)10-4-2-3-7-14-10/h5-6,10,14-15H,2-4,7H2,1H3,(H,16,17)/t10-/m1/s1. The van der Waals surface area contributed by atoms with Gasteiger partial charge >= 0.3 is 5.97 Å². The predicted octanol–water partition coefficient (Wildman–Crippen LogP) is 2.21. The number of hydrogen-bond donors (Lipinski definition) is 3. The van der Waals surface area contributed by atoms with Crippen molar-refractivity contribution < 1.29 is 15.0 Å². The van der Waals surface area contributed by atoms with Gasteiger partial charge in [0.15, 0.2) is 0 Å². The van der Waals surface area contributed by atoms with E-state index < -0.39 is 5.97 Å². The molecule has 17 heavy (non-hydrogen) atoms. The van der Waals surface area contributed by atoms with E-state index in [-0.39, 0.29) is 17.4 Å². The first-order chi connectivity index (χ1) is 8.11. The molecule has 1 aliphatic rings. The maximum atomic E-state index is 11.2. The second kappa shape index (κ2) is 4.75. The monoisotopic (exact) mass is 235 g/mol. The van der Waals surface area contributed by atoms with Gasteiger partial charge in [0.05, 0.1) is 5.56 Å². The van der Waals surface area contributed by atoms with E-state index in [4.69, 9.17) is 0 Å². The molecule has 3 N–H and O–H groups in total. The van der Waals surface area contributed by atoms with Crippen molar-refractivity contribution in [1.29, 1.82) is 0 Å². The van der Waals surface area contributed by atoms with Crippen molar-refractivity contribution in [3.05, 3.63) is 28.8 Å². The van der Waals surface area contributed by atoms with Crippen LogP contribution in [0.3, 0.4) is 0 Å². The number of aromatic hydroxyl groups is 1. The fourth-order valence-corrected chi connectivity index (χ4v) is 2.35. The second-order valence-corrected chi connectivity index (χ2v) is 4.50. The Hall–Kier alpha value is -1.55. The Morgan fingerprint density at radius 1 is 1.41 bits per heavy atom. The van der Waals surface area contributed by atoms with Crippen LogP contribution in [0, 0.1) is 6.92 Å². The molecular formula is C13H17NO3. The Morgan fingerprint density at radius 3 is 2.76 bits per heavy atom. The summed E-state index contributed by atoms with van der Waals surface area (Å²) >= 11 is 0. The molecule has 0 aliphatic carbocycles. The molecule has 4 nitrogen and oxygen atoms in total. The molecule has 0 aromatic heterocycles. The number of nitrogens with one attached hydrogen (secondary N) is 1. The second-order valence-electron chi connectivity index (χ2n) is 4.50. The number of aromatic carboxylic acids is 1. The van der Waals surface area contributed by atoms with E-state index >= 15 is 0 Å². The molecule has 1 aromatic carbocycles. The number of benzene rings is 1. The van der Waals surface area contributed by atoms with Crippen molar-refractivity contribution in [3.63, 3.8) is 0 Å². The van der Waals surface area contributed by atoms with E-state index in [1.165, 1.54) is 0 Å². The summed E-state index contributed by atoms with van der Waals surface area (Å²) in [6.45, 7) is 2.66. The van der Waals surface area contributed by atoms with Crippen molar-refractivity contribution >= 4 is 5.97 Å². The molecule has 92 valence electrons. The highest BCUT2D eigenvalue weighted by Gasteiger charge is 2.24. The first-order valence-corrected chi connectivity index (χ1v) is 5.90. The lowest BCUT2D eigenvalue weighted by atomic mass is 9.91. The van der Waals surface area contributed by atoms with Gasteiger partial charge in [0.2, 0.25) is 0 Å². The van der Waals surface area contributed by atoms with Crippen molar-refractivity contribution in [3.8, 4) is 5.75 Å². The van der Waals surface area contributed by atoms with E-state index in [1.807, 2.05) is 0 Å². The lowest BCUT2D eigenvalue weighted by molar-refractivity contribution is 0.0694. The van der Waals surface area contributed by atoms with Crippen molar-refractivity contribution in [2.45, 2.75) is 32.2 Å². The van der Waals surface area contributed by atoms with Gasteiger partial charge in [-0.1, -0.05) is 12.5 Å². The van der Waals surface area contributed by atoms with Crippen LogP contribution in [0.2, 0.25) is 0 Å². The summed E-state index contributed by atoms with van der Waals surface area (Å²) in [6.07, 6.45) is 3.03. The molecule has 1 aliphatic heterocycles. The minimum Gasteiger partial charge on any atom is -0.507 e. The summed E-state index contributed by atoms with van der Waals surface area (Å²) < 4.78 is 0. The summed E-state index contributed by atoms with van der Waals surface area (Å²) in [4.78, 5) is 11.2. The molecule has 0 spiro atoms. The third kappa shape index (κ3) is 2.26. The molecule has 0 unspecified atom stereocenters. The zero-order valence-corrected chi connectivity index (χ0v) is 9.86. The van der Waals surface area contributed by atoms with Crippen LogP contribution in [0.1, 0.15) is 46.8 Å². The Kier molecular flexibility index (Phi) is 3.33. The topological polar surface area (TPSA) is 69.6 Å². The van der Waals surface area contributed by atoms with Gasteiger partial charge in [-0.15, -0.1) is 0 Å². The molecule has 1 fully saturated rings. The third-order valence-corrected chi connectivity index (χ3v) is 3.31. The lowest BCUT2D eigenvalue weighted by Crippen LogP contribution is -2.28. The summed E-state index contributed by atoms with van der Waals surface area (Å²) in [5.74, 6) is -0.869. The van der Waals surface area contributed by atoms with Gasteiger partial charge in [-0.3, -0.25) is 0 Å². The van der Waals surface area contributed by atoms with Crippen LogP contribution in [0.5, 0.6) is 5.75 Å². The normalized spacial score (nSPS) is 20.2. The van der Waals surface area contributed by atoms with Crippen LogP contribution in [-0.2, 0) is 0 Å². The minimum absolute atomic E-state index is 0.0465. The molecule has 4 heteroatoms. The van der Waals surface area contributed by atoms with Gasteiger partial charge in [0, 0.05) is 11.6 Å². The van der Waals surface area contributed by atoms with Gasteiger partial charge in [-0.05, 0) is 37.9 Å². The zero-order valence-electron chi connectivity index (χ0n) is 9.86. The van der Waals surface area contributed by atoms with Gasteiger partial charge in [-0.25, -0.2) is 4.79 Å². The van der Waals surface area contributed by atoms with E-state index in [0.717, 1.165) is 31.4 Å². The maximum Gasteiger partial charge on any atom is 0.336 e. The van der Waals surface area contributed by atoms with Crippen LogP contribution in [0.25, 0.3) is 0 Å². The first-order valence-electron chi connectivity index (χ1n) is 5.90. The summed E-state index contributed by atoms with van der Waals surface area (Å²) in [7, 11) is 0. The van der Waals surface area contributed by atoms with Crippen molar-refractivity contribution in [2.75, 3.05) is 6.54 Å². The zero-order chi connectivity index (χ0) is 12.4. The molecular weight excluding hydrogens is 218 g/mol. The summed E-state index contributed by atoms with van der Waals surface area (Å²) in [6, 6.07) is 3.17. The van der Waals surface area contributed by atoms with Crippen molar-refractivity contribution in [2.24, 2.45) is 0 Å². The van der Waals surface area contributed by atoms with E-state index in [0.29, 0.717) is 5.56 Å². The number of hydrogen-bond acceptors (Lipinski definition) is 3. The van der Waals surface area contributed by atoms with Crippen LogP contribution < -0.4 is 5.32 Å². The first kappa shape index (κ1) is 11.9. The van der Waals surface area contributed by atoms with Crippen molar-refractivity contribution in [1.82, 2.24) is 5.32 Å². The Labute approximate surface area is 100 Å². The number of carboxylic acids is 1. The molecule has 1 atom stereocenters. The molecule has 1 aromatic rings. The number of phenols is 1. The molecule has 0 amide bonds. The lowest BCUT2D eigenvalue weighted by Gasteiger charge is -2.26. The number of carbonyl (C=O) groups is 1. The summed E-state index contributed by atoms with van der Waals surface area (Å²) in [5.41, 5.74) is 1.46. The smallest absolute Gasteiger partial charge is 0.336 e. The molecule has 2 rings (SSSR count). The quantitative estimate of drug-likeness (QED) is 0.735. The van der Waals surface area contributed by atoms with Gasteiger partial charge in [0.1, 0.15) is 5.75 Å². The highest BCUT2D eigenvalue weighted by molar-refractivity contribution is 5.90. The number of rotatable bonds is 2. The molecule has 0 bridgehead atoms. The Morgan fingerprint density at radius 2 is 2.18 bits per heavy atom. The molecule has 0 radical (unpaired) electrons. The van der Waals surface area contributed by atoms with Gasteiger partial charge < -0.3 is 15.5 Å². The van der Waals surface area contributed by atoms with E-state index in [2.05, 4.69) is 5.32 Å². The molecule has 1 saturated heterocycles. The number of aryl methyl sites for hydroxylation is 1. The SMILES string of the molecule is Cc1ccc(C(=O)O)c([C@H]2CCCCN2)c1O.